The molecule has 0 fully saturated rings. The molecule has 0 radical (unpaired) electrons. The van der Waals surface area contributed by atoms with E-state index in [1.54, 1.807) is 11.8 Å². The van der Waals surface area contributed by atoms with Gasteiger partial charge in [0.2, 0.25) is 5.91 Å². The van der Waals surface area contributed by atoms with Crippen molar-refractivity contribution in [3.8, 4) is 0 Å². The summed E-state index contributed by atoms with van der Waals surface area (Å²) in [6, 6.07) is -0.341. The summed E-state index contributed by atoms with van der Waals surface area (Å²) in [4.78, 5) is 11.3. The zero-order chi connectivity index (χ0) is 10.3. The summed E-state index contributed by atoms with van der Waals surface area (Å²) in [5, 5.41) is 2.82. The molecule has 14 heavy (non-hydrogen) atoms. The zero-order valence-electron chi connectivity index (χ0n) is 9.08. The Morgan fingerprint density at radius 3 is 2.50 bits per heavy atom. The van der Waals surface area contributed by atoms with E-state index in [1.807, 2.05) is 6.26 Å². The first kappa shape index (κ1) is 16.5. The van der Waals surface area contributed by atoms with Crippen LogP contribution in [-0.2, 0) is 4.79 Å². The van der Waals surface area contributed by atoms with Crippen LogP contribution in [0.4, 0.5) is 0 Å². The number of hydrogen-bond donors (Lipinski definition) is 2. The first-order chi connectivity index (χ1) is 6.07. The standard InChI is InChI=1S/C9H20N2OS.ClH/c1-7(2)6-11-9(12)8(10)4-5-13-3;/h7-8H,4-6,10H2,1-3H3,(H,11,12);1H. The molecule has 1 unspecified atom stereocenters. The van der Waals surface area contributed by atoms with Crippen LogP contribution in [0.3, 0.4) is 0 Å². The van der Waals surface area contributed by atoms with Gasteiger partial charge in [0, 0.05) is 6.54 Å². The van der Waals surface area contributed by atoms with Gasteiger partial charge in [-0.3, -0.25) is 4.79 Å². The van der Waals surface area contributed by atoms with Gasteiger partial charge in [0.25, 0.3) is 0 Å². The highest BCUT2D eigenvalue weighted by Crippen LogP contribution is 1.98. The van der Waals surface area contributed by atoms with E-state index < -0.39 is 0 Å². The second kappa shape index (κ2) is 9.62. The van der Waals surface area contributed by atoms with Gasteiger partial charge in [-0.2, -0.15) is 11.8 Å². The van der Waals surface area contributed by atoms with Gasteiger partial charge >= 0.3 is 0 Å². The third kappa shape index (κ3) is 8.66. The van der Waals surface area contributed by atoms with Crippen molar-refractivity contribution >= 4 is 30.1 Å². The minimum atomic E-state index is -0.341. The predicted octanol–water partition coefficient (Wildman–Crippen LogP) is 1.26. The van der Waals surface area contributed by atoms with Crippen molar-refractivity contribution in [1.82, 2.24) is 5.32 Å². The Labute approximate surface area is 97.0 Å². The van der Waals surface area contributed by atoms with Gasteiger partial charge in [-0.15, -0.1) is 12.4 Å². The van der Waals surface area contributed by atoms with Crippen molar-refractivity contribution in [3.63, 3.8) is 0 Å². The summed E-state index contributed by atoms with van der Waals surface area (Å²) in [6.45, 7) is 4.84. The number of nitrogens with one attached hydrogen (secondary N) is 1. The van der Waals surface area contributed by atoms with Crippen LogP contribution >= 0.6 is 24.2 Å². The van der Waals surface area contributed by atoms with Crippen LogP contribution in [0, 0.1) is 5.92 Å². The minimum Gasteiger partial charge on any atom is -0.354 e. The molecule has 0 aliphatic heterocycles. The first-order valence-corrected chi connectivity index (χ1v) is 5.99. The number of amides is 1. The van der Waals surface area contributed by atoms with Crippen LogP contribution in [0.2, 0.25) is 0 Å². The number of rotatable bonds is 6. The van der Waals surface area contributed by atoms with Gasteiger partial charge in [0.15, 0.2) is 0 Å². The lowest BCUT2D eigenvalue weighted by Crippen LogP contribution is -2.42. The Morgan fingerprint density at radius 2 is 2.07 bits per heavy atom. The Hall–Kier alpha value is 0.0700. The second-order valence-corrected chi connectivity index (χ2v) is 4.51. The molecule has 5 heteroatoms. The van der Waals surface area contributed by atoms with Gasteiger partial charge in [0.1, 0.15) is 0 Å². The number of thioether (sulfide) groups is 1. The highest BCUT2D eigenvalue weighted by molar-refractivity contribution is 7.98. The molecule has 0 saturated heterocycles. The van der Waals surface area contributed by atoms with Gasteiger partial charge < -0.3 is 11.1 Å². The smallest absolute Gasteiger partial charge is 0.236 e. The van der Waals surface area contributed by atoms with Crippen LogP contribution in [0.15, 0.2) is 0 Å². The van der Waals surface area contributed by atoms with Crippen molar-refractivity contribution in [2.24, 2.45) is 11.7 Å². The Balaban J connectivity index is 0. The number of hydrogen-bond acceptors (Lipinski definition) is 3. The summed E-state index contributed by atoms with van der Waals surface area (Å²) in [5.74, 6) is 1.40. The number of nitrogens with two attached hydrogens (primary N) is 1. The molecule has 0 aromatic heterocycles. The maximum absolute atomic E-state index is 11.3. The fourth-order valence-electron chi connectivity index (χ4n) is 0.812. The summed E-state index contributed by atoms with van der Waals surface area (Å²) in [5.41, 5.74) is 5.66. The normalized spacial score (nSPS) is 12.1. The number of carbonyl (C=O) groups excluding carboxylic acids is 1. The average molecular weight is 241 g/mol. The van der Waals surface area contributed by atoms with E-state index in [0.29, 0.717) is 12.5 Å². The van der Waals surface area contributed by atoms with E-state index >= 15 is 0 Å². The largest absolute Gasteiger partial charge is 0.354 e. The Morgan fingerprint density at radius 1 is 1.50 bits per heavy atom. The quantitative estimate of drug-likeness (QED) is 0.735. The van der Waals surface area contributed by atoms with Crippen LogP contribution in [0.25, 0.3) is 0 Å². The molecule has 0 aliphatic rings. The molecule has 0 rings (SSSR count). The molecule has 1 amide bonds. The van der Waals surface area contributed by atoms with Crippen molar-refractivity contribution in [2.45, 2.75) is 26.3 Å². The van der Waals surface area contributed by atoms with Crippen LogP contribution < -0.4 is 11.1 Å². The summed E-state index contributed by atoms with van der Waals surface area (Å²) >= 11 is 1.71. The molecule has 0 saturated carbocycles. The third-order valence-corrected chi connectivity index (χ3v) is 2.30. The minimum absolute atomic E-state index is 0. The molecular formula is C9H21ClN2OS. The molecule has 3 nitrogen and oxygen atoms in total. The molecular weight excluding hydrogens is 220 g/mol. The van der Waals surface area contributed by atoms with E-state index in [0.717, 1.165) is 12.2 Å². The maximum atomic E-state index is 11.3. The summed E-state index contributed by atoms with van der Waals surface area (Å²) < 4.78 is 0. The summed E-state index contributed by atoms with van der Waals surface area (Å²) in [6.07, 6.45) is 2.77. The monoisotopic (exact) mass is 240 g/mol. The molecule has 0 bridgehead atoms. The van der Waals surface area contributed by atoms with Crippen molar-refractivity contribution < 1.29 is 4.79 Å². The zero-order valence-corrected chi connectivity index (χ0v) is 10.7. The molecule has 1 atom stereocenters. The fourth-order valence-corrected chi connectivity index (χ4v) is 1.30. The molecule has 0 heterocycles. The number of halogens is 1. The predicted molar refractivity (Wildman–Crippen MR) is 66.1 cm³/mol. The fraction of sp³-hybridized carbons (Fsp3) is 0.889. The number of carbonyl (C=O) groups is 1. The molecule has 0 aliphatic carbocycles. The van der Waals surface area contributed by atoms with E-state index in [9.17, 15) is 4.79 Å². The molecule has 86 valence electrons. The first-order valence-electron chi connectivity index (χ1n) is 4.60. The third-order valence-electron chi connectivity index (χ3n) is 1.65. The van der Waals surface area contributed by atoms with Crippen molar-refractivity contribution in [2.75, 3.05) is 18.6 Å². The van der Waals surface area contributed by atoms with E-state index in [2.05, 4.69) is 19.2 Å². The molecule has 0 aromatic rings. The lowest BCUT2D eigenvalue weighted by atomic mass is 10.2. The van der Waals surface area contributed by atoms with Gasteiger partial charge in [0.05, 0.1) is 6.04 Å². The second-order valence-electron chi connectivity index (χ2n) is 3.53. The van der Waals surface area contributed by atoms with Crippen LogP contribution in [0.1, 0.15) is 20.3 Å². The Kier molecular flexibility index (Phi) is 11.3. The van der Waals surface area contributed by atoms with Gasteiger partial charge in [-0.05, 0) is 24.3 Å². The summed E-state index contributed by atoms with van der Waals surface area (Å²) in [7, 11) is 0. The van der Waals surface area contributed by atoms with E-state index in [-0.39, 0.29) is 24.4 Å². The van der Waals surface area contributed by atoms with E-state index in [1.165, 1.54) is 0 Å². The van der Waals surface area contributed by atoms with Gasteiger partial charge in [-0.25, -0.2) is 0 Å². The average Bonchev–Trinajstić information content (AvgIpc) is 2.10. The van der Waals surface area contributed by atoms with Crippen LogP contribution in [0.5, 0.6) is 0 Å². The topological polar surface area (TPSA) is 55.1 Å². The molecule has 0 aromatic carbocycles. The van der Waals surface area contributed by atoms with Gasteiger partial charge in [-0.1, -0.05) is 13.8 Å². The van der Waals surface area contributed by atoms with E-state index in [4.69, 9.17) is 5.73 Å². The lowest BCUT2D eigenvalue weighted by molar-refractivity contribution is -0.122. The van der Waals surface area contributed by atoms with Crippen molar-refractivity contribution in [1.29, 1.82) is 0 Å². The highest BCUT2D eigenvalue weighted by atomic mass is 35.5. The van der Waals surface area contributed by atoms with Crippen molar-refractivity contribution in [3.05, 3.63) is 0 Å². The SMILES string of the molecule is CSCCC(N)C(=O)NCC(C)C.Cl. The highest BCUT2D eigenvalue weighted by Gasteiger charge is 2.11. The maximum Gasteiger partial charge on any atom is 0.236 e. The lowest BCUT2D eigenvalue weighted by Gasteiger charge is -2.12. The Bertz CT molecular complexity index is 156. The van der Waals surface area contributed by atoms with Crippen LogP contribution in [-0.4, -0.2) is 30.5 Å². The molecule has 3 N–H and O–H groups in total. The molecule has 0 spiro atoms.